The van der Waals surface area contributed by atoms with Gasteiger partial charge in [-0.3, -0.25) is 0 Å². The van der Waals surface area contributed by atoms with E-state index >= 15 is 4.39 Å². The molecule has 0 atom stereocenters. The average Bonchev–Trinajstić information content (AvgIpc) is 2.82. The van der Waals surface area contributed by atoms with Crippen LogP contribution < -0.4 is 0 Å². The molecule has 176 valence electrons. The van der Waals surface area contributed by atoms with Gasteiger partial charge in [0.1, 0.15) is 5.82 Å². The Kier molecular flexibility index (Phi) is 7.66. The molecule has 3 aromatic rings. The summed E-state index contributed by atoms with van der Waals surface area (Å²) in [6.07, 6.45) is 4.67. The van der Waals surface area contributed by atoms with Gasteiger partial charge in [0, 0.05) is 16.9 Å². The smallest absolute Gasteiger partial charge is 0.194 e. The Morgan fingerprint density at radius 3 is 2.24 bits per heavy atom. The van der Waals surface area contributed by atoms with E-state index in [1.165, 1.54) is 19.3 Å². The van der Waals surface area contributed by atoms with Gasteiger partial charge in [0.05, 0.1) is 13.2 Å². The summed E-state index contributed by atoms with van der Waals surface area (Å²) in [7, 11) is 0. The number of unbranched alkanes of at least 4 members (excludes halogenated alkanes) is 2. The van der Waals surface area contributed by atoms with Crippen molar-refractivity contribution in [2.75, 3.05) is 13.2 Å². The summed E-state index contributed by atoms with van der Waals surface area (Å²) in [5, 5.41) is 1.19. The number of halogens is 4. The van der Waals surface area contributed by atoms with Crippen LogP contribution in [0.4, 0.5) is 17.6 Å². The minimum Gasteiger partial charge on any atom is -0.348 e. The van der Waals surface area contributed by atoms with Crippen LogP contribution in [0.25, 0.3) is 10.8 Å². The van der Waals surface area contributed by atoms with E-state index in [1.807, 2.05) is 18.2 Å². The van der Waals surface area contributed by atoms with Gasteiger partial charge in [-0.1, -0.05) is 50.5 Å². The van der Waals surface area contributed by atoms with Crippen LogP contribution in [0.3, 0.4) is 0 Å². The van der Waals surface area contributed by atoms with Crippen molar-refractivity contribution in [3.05, 3.63) is 82.4 Å². The predicted molar refractivity (Wildman–Crippen MR) is 120 cm³/mol. The number of benzene rings is 3. The number of hydrogen-bond acceptors (Lipinski definition) is 2. The zero-order valence-corrected chi connectivity index (χ0v) is 18.7. The zero-order chi connectivity index (χ0) is 23.4. The van der Waals surface area contributed by atoms with Gasteiger partial charge in [0.2, 0.25) is 0 Å². The molecule has 0 amide bonds. The fourth-order valence-corrected chi connectivity index (χ4v) is 4.31. The Morgan fingerprint density at radius 2 is 1.55 bits per heavy atom. The molecule has 1 saturated heterocycles. The van der Waals surface area contributed by atoms with E-state index in [9.17, 15) is 13.2 Å². The summed E-state index contributed by atoms with van der Waals surface area (Å²) in [4.78, 5) is 0. The first-order valence-electron chi connectivity index (χ1n) is 11.5. The Bertz CT molecular complexity index is 1080. The van der Waals surface area contributed by atoms with Crippen molar-refractivity contribution in [3.63, 3.8) is 0 Å². The second-order valence-electron chi connectivity index (χ2n) is 8.75. The Labute approximate surface area is 191 Å². The predicted octanol–water partition coefficient (Wildman–Crippen LogP) is 7.42. The van der Waals surface area contributed by atoms with Gasteiger partial charge in [-0.15, -0.1) is 0 Å². The highest BCUT2D eigenvalue weighted by molar-refractivity contribution is 5.84. The SMILES string of the molecule is CCCCCC1COC(c2ccc3c(F)c(CCc4cc(F)c(F)c(F)c4)ccc3c2)OC1. The molecule has 0 saturated carbocycles. The number of hydrogen-bond donors (Lipinski definition) is 0. The van der Waals surface area contributed by atoms with Crippen LogP contribution in [0.1, 0.15) is 55.6 Å². The fourth-order valence-electron chi connectivity index (χ4n) is 4.31. The molecule has 33 heavy (non-hydrogen) atoms. The van der Waals surface area contributed by atoms with Gasteiger partial charge in [0.25, 0.3) is 0 Å². The highest BCUT2D eigenvalue weighted by Crippen LogP contribution is 2.31. The second kappa shape index (κ2) is 10.7. The summed E-state index contributed by atoms with van der Waals surface area (Å²) in [5.74, 6) is -3.93. The summed E-state index contributed by atoms with van der Waals surface area (Å²) in [6.45, 7) is 3.50. The number of ether oxygens (including phenoxy) is 2. The molecule has 0 N–H and O–H groups in total. The molecule has 0 radical (unpaired) electrons. The molecule has 0 spiro atoms. The Balaban J connectivity index is 1.42. The van der Waals surface area contributed by atoms with Crippen molar-refractivity contribution in [2.24, 2.45) is 5.92 Å². The molecule has 0 aliphatic carbocycles. The van der Waals surface area contributed by atoms with Gasteiger partial charge in [-0.2, -0.15) is 0 Å². The summed E-state index contributed by atoms with van der Waals surface area (Å²) in [5.41, 5.74) is 1.56. The zero-order valence-electron chi connectivity index (χ0n) is 18.7. The second-order valence-corrected chi connectivity index (χ2v) is 8.75. The van der Waals surface area contributed by atoms with Crippen LogP contribution in [0.5, 0.6) is 0 Å². The van der Waals surface area contributed by atoms with Crippen molar-refractivity contribution in [1.82, 2.24) is 0 Å². The standard InChI is InChI=1S/C27H28F4O2/c1-2-3-4-5-18-15-32-27(33-16-18)21-10-11-22-20(14-21)9-8-19(25(22)30)7-6-17-12-23(28)26(31)24(29)13-17/h8-14,18,27H,2-7,15-16H2,1H3. The average molecular weight is 461 g/mol. The molecule has 1 aliphatic heterocycles. The Hall–Kier alpha value is -2.44. The van der Waals surface area contributed by atoms with Crippen LogP contribution in [-0.4, -0.2) is 13.2 Å². The topological polar surface area (TPSA) is 18.5 Å². The molecule has 1 heterocycles. The fraction of sp³-hybridized carbons (Fsp3) is 0.407. The normalized spacial score (nSPS) is 18.7. The molecule has 0 bridgehead atoms. The van der Waals surface area contributed by atoms with Gasteiger partial charge < -0.3 is 9.47 Å². The maximum Gasteiger partial charge on any atom is 0.194 e. The van der Waals surface area contributed by atoms with Crippen molar-refractivity contribution >= 4 is 10.8 Å². The first-order valence-corrected chi connectivity index (χ1v) is 11.5. The van der Waals surface area contributed by atoms with E-state index in [0.717, 1.165) is 29.5 Å². The van der Waals surface area contributed by atoms with E-state index in [4.69, 9.17) is 9.47 Å². The maximum absolute atomic E-state index is 15.1. The minimum absolute atomic E-state index is 0.192. The summed E-state index contributed by atoms with van der Waals surface area (Å²) < 4.78 is 66.9. The highest BCUT2D eigenvalue weighted by atomic mass is 19.2. The van der Waals surface area contributed by atoms with Gasteiger partial charge >= 0.3 is 0 Å². The van der Waals surface area contributed by atoms with Crippen molar-refractivity contribution < 1.29 is 27.0 Å². The third-order valence-electron chi connectivity index (χ3n) is 6.24. The molecular weight excluding hydrogens is 432 g/mol. The number of aryl methyl sites for hydroxylation is 2. The molecule has 1 fully saturated rings. The first-order chi connectivity index (χ1) is 16.0. The van der Waals surface area contributed by atoms with E-state index in [1.54, 1.807) is 12.1 Å². The largest absolute Gasteiger partial charge is 0.348 e. The van der Waals surface area contributed by atoms with Crippen LogP contribution in [0.2, 0.25) is 0 Å². The molecule has 4 rings (SSSR count). The minimum atomic E-state index is -1.50. The third-order valence-corrected chi connectivity index (χ3v) is 6.24. The molecule has 3 aromatic carbocycles. The lowest BCUT2D eigenvalue weighted by Gasteiger charge is -2.29. The van der Waals surface area contributed by atoms with Crippen molar-refractivity contribution in [1.29, 1.82) is 0 Å². The van der Waals surface area contributed by atoms with Crippen molar-refractivity contribution in [3.8, 4) is 0 Å². The van der Waals surface area contributed by atoms with Crippen molar-refractivity contribution in [2.45, 2.75) is 51.7 Å². The number of fused-ring (bicyclic) bond motifs is 1. The lowest BCUT2D eigenvalue weighted by molar-refractivity contribution is -0.206. The van der Waals surface area contributed by atoms with Gasteiger partial charge in [-0.05, 0) is 54.0 Å². The molecule has 1 aliphatic rings. The Morgan fingerprint density at radius 1 is 0.818 bits per heavy atom. The monoisotopic (exact) mass is 460 g/mol. The lowest BCUT2D eigenvalue weighted by atomic mass is 9.98. The maximum atomic E-state index is 15.1. The van der Waals surface area contributed by atoms with E-state index < -0.39 is 23.7 Å². The summed E-state index contributed by atoms with van der Waals surface area (Å²) >= 11 is 0. The lowest BCUT2D eigenvalue weighted by Crippen LogP contribution is -2.27. The molecular formula is C27H28F4O2. The van der Waals surface area contributed by atoms with Crippen LogP contribution in [-0.2, 0) is 22.3 Å². The molecule has 0 unspecified atom stereocenters. The highest BCUT2D eigenvalue weighted by Gasteiger charge is 2.24. The molecule has 2 nitrogen and oxygen atoms in total. The van der Waals surface area contributed by atoms with Crippen LogP contribution in [0.15, 0.2) is 42.5 Å². The van der Waals surface area contributed by atoms with E-state index in [-0.39, 0.29) is 24.2 Å². The third kappa shape index (κ3) is 5.56. The van der Waals surface area contributed by atoms with Crippen LogP contribution >= 0.6 is 0 Å². The first kappa shape index (κ1) is 23.7. The molecule has 0 aromatic heterocycles. The molecule has 6 heteroatoms. The quantitative estimate of drug-likeness (QED) is 0.198. The number of rotatable bonds is 8. The van der Waals surface area contributed by atoms with E-state index in [2.05, 4.69) is 6.92 Å². The van der Waals surface area contributed by atoms with Crippen LogP contribution in [0, 0.1) is 29.2 Å². The summed E-state index contributed by atoms with van der Waals surface area (Å²) in [6, 6.07) is 10.8. The van der Waals surface area contributed by atoms with Gasteiger partial charge in [-0.25, -0.2) is 17.6 Å². The van der Waals surface area contributed by atoms with Gasteiger partial charge in [0.15, 0.2) is 23.7 Å². The van der Waals surface area contributed by atoms with E-state index in [0.29, 0.717) is 30.1 Å².